The molecule has 8 heteroatoms. The number of sulfonamides is 1. The van der Waals surface area contributed by atoms with Crippen LogP contribution >= 0.6 is 12.4 Å². The van der Waals surface area contributed by atoms with Gasteiger partial charge in [-0.2, -0.15) is 4.31 Å². The smallest absolute Gasteiger partial charge is 0.253 e. The number of hydrogen-bond donors (Lipinski definition) is 1. The lowest BCUT2D eigenvalue weighted by Crippen LogP contribution is -2.42. The predicted molar refractivity (Wildman–Crippen MR) is 96.9 cm³/mol. The summed E-state index contributed by atoms with van der Waals surface area (Å²) in [4.78, 5) is 14.2. The Morgan fingerprint density at radius 3 is 2.12 bits per heavy atom. The standard InChI is InChI=1S/C16H25N3O3S.ClH/c1-3-18(4-2)16(20)13-5-7-15(8-6-13)23(21,22)19-11-9-14(17)10-12-19;/h5-8,14H,3-4,9-12,17H2,1-2H3;1H. The van der Waals surface area contributed by atoms with Gasteiger partial charge in [-0.05, 0) is 51.0 Å². The van der Waals surface area contributed by atoms with E-state index in [1.165, 1.54) is 16.4 Å². The summed E-state index contributed by atoms with van der Waals surface area (Å²) in [5.74, 6) is -0.0807. The van der Waals surface area contributed by atoms with Gasteiger partial charge in [0.2, 0.25) is 10.0 Å². The molecule has 0 radical (unpaired) electrons. The molecule has 2 N–H and O–H groups in total. The molecule has 1 amide bonds. The lowest BCUT2D eigenvalue weighted by molar-refractivity contribution is 0.0773. The Hall–Kier alpha value is -1.15. The fourth-order valence-electron chi connectivity index (χ4n) is 2.73. The van der Waals surface area contributed by atoms with E-state index in [4.69, 9.17) is 5.73 Å². The van der Waals surface area contributed by atoms with E-state index < -0.39 is 10.0 Å². The van der Waals surface area contributed by atoms with E-state index in [0.29, 0.717) is 44.6 Å². The van der Waals surface area contributed by atoms with Crippen LogP contribution in [-0.2, 0) is 10.0 Å². The van der Waals surface area contributed by atoms with Crippen LogP contribution in [0, 0.1) is 0 Å². The number of rotatable bonds is 5. The predicted octanol–water partition coefficient (Wildman–Crippen LogP) is 1.70. The maximum Gasteiger partial charge on any atom is 0.253 e. The quantitative estimate of drug-likeness (QED) is 0.848. The Balaban J connectivity index is 0.00000288. The number of benzene rings is 1. The van der Waals surface area contributed by atoms with Crippen LogP contribution in [0.3, 0.4) is 0 Å². The van der Waals surface area contributed by atoms with Crippen molar-refractivity contribution in [3.8, 4) is 0 Å². The number of carbonyl (C=O) groups is 1. The van der Waals surface area contributed by atoms with E-state index in [-0.39, 0.29) is 29.3 Å². The Bertz CT molecular complexity index is 637. The second-order valence-electron chi connectivity index (χ2n) is 5.74. The molecule has 1 fully saturated rings. The highest BCUT2D eigenvalue weighted by Gasteiger charge is 2.28. The summed E-state index contributed by atoms with van der Waals surface area (Å²) in [5, 5.41) is 0. The third kappa shape index (κ3) is 4.47. The van der Waals surface area contributed by atoms with Gasteiger partial charge in [-0.1, -0.05) is 0 Å². The monoisotopic (exact) mass is 375 g/mol. The van der Waals surface area contributed by atoms with E-state index in [1.807, 2.05) is 13.8 Å². The normalized spacial score (nSPS) is 16.5. The zero-order chi connectivity index (χ0) is 17.0. The van der Waals surface area contributed by atoms with Gasteiger partial charge in [0.1, 0.15) is 0 Å². The lowest BCUT2D eigenvalue weighted by atomic mass is 10.1. The van der Waals surface area contributed by atoms with Gasteiger partial charge >= 0.3 is 0 Å². The summed E-state index contributed by atoms with van der Waals surface area (Å²) in [6.45, 7) is 5.99. The molecule has 1 aliphatic rings. The van der Waals surface area contributed by atoms with Crippen molar-refractivity contribution in [1.82, 2.24) is 9.21 Å². The average Bonchev–Trinajstić information content (AvgIpc) is 2.56. The summed E-state index contributed by atoms with van der Waals surface area (Å²) in [5.41, 5.74) is 6.33. The van der Waals surface area contributed by atoms with Crippen LogP contribution in [0.25, 0.3) is 0 Å². The van der Waals surface area contributed by atoms with Crippen molar-refractivity contribution in [2.24, 2.45) is 5.73 Å². The Kier molecular flexibility index (Phi) is 7.66. The van der Waals surface area contributed by atoms with Crippen LogP contribution < -0.4 is 5.73 Å². The minimum atomic E-state index is -3.51. The number of nitrogens with zero attached hydrogens (tertiary/aromatic N) is 2. The van der Waals surface area contributed by atoms with Crippen molar-refractivity contribution in [2.75, 3.05) is 26.2 Å². The number of halogens is 1. The van der Waals surface area contributed by atoms with Crippen molar-refractivity contribution in [3.05, 3.63) is 29.8 Å². The first-order valence-electron chi connectivity index (χ1n) is 8.05. The molecule has 0 saturated carbocycles. The van der Waals surface area contributed by atoms with Gasteiger partial charge < -0.3 is 10.6 Å². The van der Waals surface area contributed by atoms with Gasteiger partial charge in [0.05, 0.1) is 4.90 Å². The topological polar surface area (TPSA) is 83.7 Å². The van der Waals surface area contributed by atoms with Gasteiger partial charge in [0, 0.05) is 37.8 Å². The van der Waals surface area contributed by atoms with Crippen LogP contribution in [0.1, 0.15) is 37.0 Å². The third-order valence-corrected chi connectivity index (χ3v) is 6.20. The molecular formula is C16H26ClN3O3S. The molecule has 1 aromatic rings. The van der Waals surface area contributed by atoms with Crippen molar-refractivity contribution in [1.29, 1.82) is 0 Å². The van der Waals surface area contributed by atoms with Crippen molar-refractivity contribution in [3.63, 3.8) is 0 Å². The maximum absolute atomic E-state index is 12.6. The van der Waals surface area contributed by atoms with Gasteiger partial charge in [0.25, 0.3) is 5.91 Å². The third-order valence-electron chi connectivity index (χ3n) is 4.29. The minimum Gasteiger partial charge on any atom is -0.339 e. The number of amides is 1. The van der Waals surface area contributed by atoms with E-state index in [9.17, 15) is 13.2 Å². The van der Waals surface area contributed by atoms with Gasteiger partial charge in [-0.3, -0.25) is 4.79 Å². The maximum atomic E-state index is 12.6. The Labute approximate surface area is 150 Å². The highest BCUT2D eigenvalue weighted by Crippen LogP contribution is 2.21. The molecule has 0 aliphatic carbocycles. The Morgan fingerprint density at radius 2 is 1.67 bits per heavy atom. The van der Waals surface area contributed by atoms with Crippen LogP contribution in [0.2, 0.25) is 0 Å². The van der Waals surface area contributed by atoms with Crippen LogP contribution in [0.15, 0.2) is 29.2 Å². The Morgan fingerprint density at radius 1 is 1.17 bits per heavy atom. The molecule has 136 valence electrons. The molecule has 0 spiro atoms. The summed E-state index contributed by atoms with van der Waals surface area (Å²) in [7, 11) is -3.51. The van der Waals surface area contributed by atoms with Crippen LogP contribution in [-0.4, -0.2) is 55.8 Å². The zero-order valence-corrected chi connectivity index (χ0v) is 15.8. The molecule has 1 aromatic carbocycles. The summed E-state index contributed by atoms with van der Waals surface area (Å²) < 4.78 is 26.7. The van der Waals surface area contributed by atoms with Gasteiger partial charge in [-0.15, -0.1) is 12.4 Å². The minimum absolute atomic E-state index is 0. The van der Waals surface area contributed by atoms with E-state index in [2.05, 4.69) is 0 Å². The highest BCUT2D eigenvalue weighted by molar-refractivity contribution is 7.89. The molecule has 1 saturated heterocycles. The molecule has 0 atom stereocenters. The zero-order valence-electron chi connectivity index (χ0n) is 14.1. The second-order valence-corrected chi connectivity index (χ2v) is 7.68. The van der Waals surface area contributed by atoms with Crippen LogP contribution in [0.5, 0.6) is 0 Å². The van der Waals surface area contributed by atoms with Crippen molar-refractivity contribution < 1.29 is 13.2 Å². The second kappa shape index (κ2) is 8.80. The van der Waals surface area contributed by atoms with E-state index >= 15 is 0 Å². The SMILES string of the molecule is CCN(CC)C(=O)c1ccc(S(=O)(=O)N2CCC(N)CC2)cc1.Cl. The van der Waals surface area contributed by atoms with Crippen molar-refractivity contribution >= 4 is 28.3 Å². The molecule has 24 heavy (non-hydrogen) atoms. The van der Waals surface area contributed by atoms with E-state index in [0.717, 1.165) is 0 Å². The molecule has 1 aliphatic heterocycles. The van der Waals surface area contributed by atoms with Crippen LogP contribution in [0.4, 0.5) is 0 Å². The molecule has 0 bridgehead atoms. The highest BCUT2D eigenvalue weighted by atomic mass is 35.5. The molecular weight excluding hydrogens is 350 g/mol. The molecule has 0 aromatic heterocycles. The fourth-order valence-corrected chi connectivity index (χ4v) is 4.20. The first kappa shape index (κ1) is 20.9. The largest absolute Gasteiger partial charge is 0.339 e. The molecule has 6 nitrogen and oxygen atoms in total. The average molecular weight is 376 g/mol. The number of piperidine rings is 1. The summed E-state index contributed by atoms with van der Waals surface area (Å²) in [6.07, 6.45) is 1.36. The summed E-state index contributed by atoms with van der Waals surface area (Å²) in [6, 6.07) is 6.28. The molecule has 1 heterocycles. The first-order chi connectivity index (χ1) is 10.9. The number of nitrogens with two attached hydrogens (primary N) is 1. The number of carbonyl (C=O) groups excluding carboxylic acids is 1. The van der Waals surface area contributed by atoms with Crippen molar-refractivity contribution in [2.45, 2.75) is 37.6 Å². The lowest BCUT2D eigenvalue weighted by Gasteiger charge is -2.29. The first-order valence-corrected chi connectivity index (χ1v) is 9.49. The molecule has 2 rings (SSSR count). The summed E-state index contributed by atoms with van der Waals surface area (Å²) >= 11 is 0. The number of hydrogen-bond acceptors (Lipinski definition) is 4. The van der Waals surface area contributed by atoms with Gasteiger partial charge in [0.15, 0.2) is 0 Å². The molecule has 0 unspecified atom stereocenters. The van der Waals surface area contributed by atoms with E-state index in [1.54, 1.807) is 17.0 Å². The van der Waals surface area contributed by atoms with Gasteiger partial charge in [-0.25, -0.2) is 8.42 Å². The fraction of sp³-hybridized carbons (Fsp3) is 0.562.